The molecule has 1 aromatic rings. The van der Waals surface area contributed by atoms with Crippen molar-refractivity contribution in [3.8, 4) is 0 Å². The smallest absolute Gasteiger partial charge is 0.269 e. The number of amides is 1. The lowest BCUT2D eigenvalue weighted by molar-refractivity contribution is -0.384. The molecule has 1 heterocycles. The van der Waals surface area contributed by atoms with Crippen molar-refractivity contribution in [3.05, 3.63) is 34.4 Å². The van der Waals surface area contributed by atoms with Gasteiger partial charge in [0.2, 0.25) is 15.9 Å². The van der Waals surface area contributed by atoms with Crippen molar-refractivity contribution in [3.63, 3.8) is 0 Å². The number of nitro benzene ring substituents is 1. The number of benzene rings is 1. The quantitative estimate of drug-likeness (QED) is 0.387. The van der Waals surface area contributed by atoms with Crippen LogP contribution in [-0.4, -0.2) is 56.8 Å². The first-order valence-corrected chi connectivity index (χ1v) is 9.97. The summed E-state index contributed by atoms with van der Waals surface area (Å²) >= 11 is 0. The van der Waals surface area contributed by atoms with Crippen LogP contribution in [0.2, 0.25) is 0 Å². The summed E-state index contributed by atoms with van der Waals surface area (Å²) in [4.78, 5) is 22.4. The first-order valence-electron chi connectivity index (χ1n) is 8.53. The van der Waals surface area contributed by atoms with E-state index in [2.05, 4.69) is 10.6 Å². The molecule has 1 saturated heterocycles. The van der Waals surface area contributed by atoms with Gasteiger partial charge >= 0.3 is 0 Å². The Morgan fingerprint density at radius 3 is 2.62 bits per heavy atom. The number of rotatable bonds is 8. The molecule has 0 spiro atoms. The Hall–Kier alpha value is -2.04. The highest BCUT2D eigenvalue weighted by atomic mass is 32.2. The summed E-state index contributed by atoms with van der Waals surface area (Å²) in [5.41, 5.74) is -0.165. The van der Waals surface area contributed by atoms with E-state index in [1.807, 2.05) is 7.05 Å². The van der Waals surface area contributed by atoms with Gasteiger partial charge in [0.15, 0.2) is 0 Å². The van der Waals surface area contributed by atoms with Gasteiger partial charge < -0.3 is 10.6 Å². The molecule has 9 nitrogen and oxygen atoms in total. The van der Waals surface area contributed by atoms with Crippen molar-refractivity contribution in [1.29, 1.82) is 0 Å². The molecule has 0 aliphatic carbocycles. The average Bonchev–Trinajstić information content (AvgIpc) is 2.65. The Bertz CT molecular complexity index is 736. The minimum absolute atomic E-state index is 0.00169. The highest BCUT2D eigenvalue weighted by molar-refractivity contribution is 7.89. The molecule has 2 N–H and O–H groups in total. The number of hydrogen-bond acceptors (Lipinski definition) is 6. The van der Waals surface area contributed by atoms with E-state index in [0.29, 0.717) is 25.9 Å². The molecule has 0 aromatic heterocycles. The van der Waals surface area contributed by atoms with Crippen LogP contribution in [0.1, 0.15) is 19.3 Å². The van der Waals surface area contributed by atoms with Gasteiger partial charge in [-0.1, -0.05) is 0 Å². The van der Waals surface area contributed by atoms with Crippen LogP contribution in [-0.2, 0) is 14.8 Å². The molecule has 1 amide bonds. The van der Waals surface area contributed by atoms with Crippen LogP contribution < -0.4 is 10.6 Å². The van der Waals surface area contributed by atoms with Crippen LogP contribution in [0.25, 0.3) is 0 Å². The molecule has 1 atom stereocenters. The van der Waals surface area contributed by atoms with Gasteiger partial charge in [0, 0.05) is 31.8 Å². The number of non-ortho nitro benzene ring substituents is 1. The fourth-order valence-electron chi connectivity index (χ4n) is 2.88. The number of nitrogens with zero attached hydrogens (tertiary/aromatic N) is 2. The summed E-state index contributed by atoms with van der Waals surface area (Å²) in [6, 6.07) is 4.80. The van der Waals surface area contributed by atoms with E-state index >= 15 is 0 Å². The van der Waals surface area contributed by atoms with Gasteiger partial charge in [-0.05, 0) is 45.0 Å². The lowest BCUT2D eigenvalue weighted by atomic mass is 9.99. The number of sulfonamides is 1. The molecule has 2 rings (SSSR count). The summed E-state index contributed by atoms with van der Waals surface area (Å²) in [5.74, 6) is -0.518. The van der Waals surface area contributed by atoms with E-state index in [-0.39, 0.29) is 29.0 Å². The van der Waals surface area contributed by atoms with Gasteiger partial charge in [-0.15, -0.1) is 0 Å². The Morgan fingerprint density at radius 2 is 2.00 bits per heavy atom. The zero-order valence-corrected chi connectivity index (χ0v) is 15.5. The Morgan fingerprint density at radius 1 is 1.31 bits per heavy atom. The molecule has 1 aliphatic rings. The van der Waals surface area contributed by atoms with E-state index in [1.54, 1.807) is 0 Å². The van der Waals surface area contributed by atoms with Crippen molar-refractivity contribution in [2.24, 2.45) is 5.92 Å². The standard InChI is InChI=1S/C16H24N4O5S/c1-17-9-3-10-18-16(21)13-4-2-11-19(12-13)26(24,25)15-7-5-14(6-8-15)20(22)23/h5-8,13,17H,2-4,9-12H2,1H3,(H,18,21). The zero-order valence-electron chi connectivity index (χ0n) is 14.7. The molecular formula is C16H24N4O5S. The SMILES string of the molecule is CNCCCNC(=O)C1CCCN(S(=O)(=O)c2ccc([N+](=O)[O-])cc2)C1. The van der Waals surface area contributed by atoms with Crippen molar-refractivity contribution in [2.75, 3.05) is 33.2 Å². The van der Waals surface area contributed by atoms with Crippen LogP contribution in [0.5, 0.6) is 0 Å². The number of piperidine rings is 1. The van der Waals surface area contributed by atoms with Crippen molar-refractivity contribution >= 4 is 21.6 Å². The molecule has 26 heavy (non-hydrogen) atoms. The molecule has 0 radical (unpaired) electrons. The molecule has 1 aliphatic heterocycles. The minimum atomic E-state index is -3.78. The third-order valence-corrected chi connectivity index (χ3v) is 6.22. The second kappa shape index (κ2) is 9.06. The van der Waals surface area contributed by atoms with Crippen LogP contribution in [0, 0.1) is 16.0 Å². The Balaban J connectivity index is 2.02. The van der Waals surface area contributed by atoms with Gasteiger partial charge in [0.1, 0.15) is 0 Å². The van der Waals surface area contributed by atoms with E-state index < -0.39 is 14.9 Å². The maximum atomic E-state index is 12.8. The summed E-state index contributed by atoms with van der Waals surface area (Å²) in [6.45, 7) is 1.80. The lowest BCUT2D eigenvalue weighted by Crippen LogP contribution is -2.45. The highest BCUT2D eigenvalue weighted by Crippen LogP contribution is 2.25. The fourth-order valence-corrected chi connectivity index (χ4v) is 4.41. The summed E-state index contributed by atoms with van der Waals surface area (Å²) in [6.07, 6.45) is 2.05. The lowest BCUT2D eigenvalue weighted by Gasteiger charge is -2.31. The predicted molar refractivity (Wildman–Crippen MR) is 96.1 cm³/mol. The minimum Gasteiger partial charge on any atom is -0.356 e. The molecule has 0 saturated carbocycles. The van der Waals surface area contributed by atoms with Gasteiger partial charge in [-0.25, -0.2) is 8.42 Å². The van der Waals surface area contributed by atoms with E-state index in [9.17, 15) is 23.3 Å². The largest absolute Gasteiger partial charge is 0.356 e. The maximum absolute atomic E-state index is 12.8. The Labute approximate surface area is 153 Å². The Kier molecular flexibility index (Phi) is 7.06. The van der Waals surface area contributed by atoms with Crippen LogP contribution in [0.3, 0.4) is 0 Å². The molecule has 144 valence electrons. The second-order valence-corrected chi connectivity index (χ2v) is 8.14. The van der Waals surface area contributed by atoms with Gasteiger partial charge in [-0.2, -0.15) is 4.31 Å². The number of carbonyl (C=O) groups is 1. The van der Waals surface area contributed by atoms with E-state index in [4.69, 9.17) is 0 Å². The van der Waals surface area contributed by atoms with E-state index in [0.717, 1.165) is 13.0 Å². The molecule has 1 unspecified atom stereocenters. The first-order chi connectivity index (χ1) is 12.4. The maximum Gasteiger partial charge on any atom is 0.269 e. The van der Waals surface area contributed by atoms with E-state index in [1.165, 1.54) is 28.6 Å². The zero-order chi connectivity index (χ0) is 19.2. The average molecular weight is 384 g/mol. The van der Waals surface area contributed by atoms with Crippen molar-refractivity contribution in [1.82, 2.24) is 14.9 Å². The summed E-state index contributed by atoms with van der Waals surface area (Å²) < 4.78 is 26.8. The topological polar surface area (TPSA) is 122 Å². The highest BCUT2D eigenvalue weighted by Gasteiger charge is 2.33. The number of hydrogen-bond donors (Lipinski definition) is 2. The second-order valence-electron chi connectivity index (χ2n) is 6.20. The normalized spacial score (nSPS) is 18.4. The third kappa shape index (κ3) is 4.99. The monoisotopic (exact) mass is 384 g/mol. The van der Waals surface area contributed by atoms with Gasteiger partial charge in [0.05, 0.1) is 15.7 Å². The van der Waals surface area contributed by atoms with Crippen LogP contribution >= 0.6 is 0 Å². The van der Waals surface area contributed by atoms with Crippen LogP contribution in [0.4, 0.5) is 5.69 Å². The predicted octanol–water partition coefficient (Wildman–Crippen LogP) is 0.721. The summed E-state index contributed by atoms with van der Waals surface area (Å²) in [5, 5.41) is 16.5. The van der Waals surface area contributed by atoms with Crippen molar-refractivity contribution < 1.29 is 18.1 Å². The first kappa shape index (κ1) is 20.3. The summed E-state index contributed by atoms with van der Waals surface area (Å²) in [7, 11) is -1.94. The molecular weight excluding hydrogens is 360 g/mol. The fraction of sp³-hybridized carbons (Fsp3) is 0.562. The third-order valence-electron chi connectivity index (χ3n) is 4.34. The molecule has 0 bridgehead atoms. The van der Waals surface area contributed by atoms with Gasteiger partial charge in [-0.3, -0.25) is 14.9 Å². The van der Waals surface area contributed by atoms with Crippen molar-refractivity contribution in [2.45, 2.75) is 24.2 Å². The van der Waals surface area contributed by atoms with Crippen LogP contribution in [0.15, 0.2) is 29.2 Å². The van der Waals surface area contributed by atoms with Gasteiger partial charge in [0.25, 0.3) is 5.69 Å². The number of carbonyl (C=O) groups excluding carboxylic acids is 1. The molecule has 1 aromatic carbocycles. The number of nitrogens with one attached hydrogen (secondary N) is 2. The molecule has 1 fully saturated rings. The molecule has 10 heteroatoms. The number of nitro groups is 1.